The molecule has 0 aromatic heterocycles. The molecule has 0 fully saturated rings. The largest absolute Gasteiger partial charge is 0.366 e. The van der Waals surface area contributed by atoms with Crippen molar-refractivity contribution in [2.75, 3.05) is 0 Å². The van der Waals surface area contributed by atoms with Crippen LogP contribution in [0.15, 0.2) is 12.1 Å². The first-order valence-electron chi connectivity index (χ1n) is 3.26. The fraction of sp³-hybridized carbons (Fsp3) is 0. The summed E-state index contributed by atoms with van der Waals surface area (Å²) in [5.74, 6) is -0.670. The van der Waals surface area contributed by atoms with Crippen LogP contribution >= 0.6 is 23.2 Å². The van der Waals surface area contributed by atoms with E-state index >= 15 is 0 Å². The minimum absolute atomic E-state index is 0.0215. The number of carbonyl (C=O) groups excluding carboxylic acids is 1. The van der Waals surface area contributed by atoms with Crippen molar-refractivity contribution >= 4 is 29.1 Å². The number of hydrogen-bond donors (Lipinski definition) is 1. The van der Waals surface area contributed by atoms with Crippen molar-refractivity contribution in [3.63, 3.8) is 0 Å². The van der Waals surface area contributed by atoms with Crippen LogP contribution in [0.4, 0.5) is 0 Å². The maximum Gasteiger partial charge on any atom is 0.250 e. The second-order valence-corrected chi connectivity index (χ2v) is 3.02. The maximum atomic E-state index is 10.8. The van der Waals surface area contributed by atoms with Gasteiger partial charge in [-0.25, -0.2) is 0 Å². The number of hydrogen-bond acceptors (Lipinski definition) is 2. The summed E-state index contributed by atoms with van der Waals surface area (Å²) >= 11 is 11.4. The Hall–Kier alpha value is -1.24. The third kappa shape index (κ3) is 1.74. The van der Waals surface area contributed by atoms with Gasteiger partial charge in [0.15, 0.2) is 0 Å². The smallest absolute Gasteiger partial charge is 0.250 e. The van der Waals surface area contributed by atoms with E-state index in [1.807, 2.05) is 6.07 Å². The second kappa shape index (κ2) is 3.65. The van der Waals surface area contributed by atoms with Gasteiger partial charge in [0.2, 0.25) is 5.91 Å². The normalized spacial score (nSPS) is 9.31. The molecule has 1 rings (SSSR count). The van der Waals surface area contributed by atoms with Crippen LogP contribution in [0.25, 0.3) is 0 Å². The van der Waals surface area contributed by atoms with Gasteiger partial charge in [-0.1, -0.05) is 23.2 Å². The zero-order valence-corrected chi connectivity index (χ0v) is 7.86. The first-order chi connectivity index (χ1) is 6.07. The fourth-order valence-electron chi connectivity index (χ4n) is 0.826. The molecule has 0 aliphatic carbocycles. The Morgan fingerprint density at radius 2 is 2.00 bits per heavy atom. The van der Waals surface area contributed by atoms with Gasteiger partial charge in [0, 0.05) is 0 Å². The van der Waals surface area contributed by atoms with Gasteiger partial charge in [-0.3, -0.25) is 4.79 Å². The van der Waals surface area contributed by atoms with Crippen LogP contribution in [-0.2, 0) is 0 Å². The third-order valence-corrected chi connectivity index (χ3v) is 2.35. The van der Waals surface area contributed by atoms with E-state index in [0.29, 0.717) is 0 Å². The zero-order valence-electron chi connectivity index (χ0n) is 6.34. The van der Waals surface area contributed by atoms with Crippen molar-refractivity contribution in [2.45, 2.75) is 0 Å². The Morgan fingerprint density at radius 1 is 1.38 bits per heavy atom. The summed E-state index contributed by atoms with van der Waals surface area (Å²) in [6.45, 7) is 0. The van der Waals surface area contributed by atoms with Gasteiger partial charge in [0.05, 0.1) is 21.2 Å². The third-order valence-electron chi connectivity index (χ3n) is 1.47. The predicted molar refractivity (Wildman–Crippen MR) is 49.7 cm³/mol. The van der Waals surface area contributed by atoms with Gasteiger partial charge in [0.1, 0.15) is 6.07 Å². The average molecular weight is 215 g/mol. The molecule has 1 amide bonds. The van der Waals surface area contributed by atoms with Crippen LogP contribution in [0.2, 0.25) is 10.0 Å². The second-order valence-electron chi connectivity index (χ2n) is 2.26. The standard InChI is InChI=1S/C8H4Cl2N2O/c9-6-4(3-11)1-2-5(7(6)10)8(12)13/h1-2H,(H2,12,13). The number of amides is 1. The Kier molecular flexibility index (Phi) is 2.76. The van der Waals surface area contributed by atoms with Crippen molar-refractivity contribution < 1.29 is 4.79 Å². The summed E-state index contributed by atoms with van der Waals surface area (Å²) < 4.78 is 0. The molecule has 0 unspecified atom stereocenters. The van der Waals surface area contributed by atoms with Crippen LogP contribution in [0.1, 0.15) is 15.9 Å². The Bertz CT molecular complexity index is 409. The lowest BCUT2D eigenvalue weighted by molar-refractivity contribution is 0.100. The van der Waals surface area contributed by atoms with Crippen LogP contribution in [0, 0.1) is 11.3 Å². The van der Waals surface area contributed by atoms with Crippen molar-refractivity contribution in [3.05, 3.63) is 33.3 Å². The summed E-state index contributed by atoms with van der Waals surface area (Å²) in [5, 5.41) is 8.64. The summed E-state index contributed by atoms with van der Waals surface area (Å²) in [4.78, 5) is 10.8. The number of primary amides is 1. The van der Waals surface area contributed by atoms with Gasteiger partial charge >= 0.3 is 0 Å². The van der Waals surface area contributed by atoms with Crippen LogP contribution in [0.5, 0.6) is 0 Å². The first-order valence-corrected chi connectivity index (χ1v) is 4.01. The number of benzene rings is 1. The summed E-state index contributed by atoms with van der Waals surface area (Å²) in [6, 6.07) is 4.60. The van der Waals surface area contributed by atoms with Crippen LogP contribution in [0.3, 0.4) is 0 Å². The van der Waals surface area contributed by atoms with E-state index in [-0.39, 0.29) is 21.2 Å². The molecule has 0 heterocycles. The number of nitrogens with two attached hydrogens (primary N) is 1. The van der Waals surface area contributed by atoms with Crippen molar-refractivity contribution in [1.29, 1.82) is 5.26 Å². The molecule has 13 heavy (non-hydrogen) atoms. The van der Waals surface area contributed by atoms with Gasteiger partial charge in [-0.15, -0.1) is 0 Å². The van der Waals surface area contributed by atoms with E-state index in [0.717, 1.165) is 0 Å². The number of nitriles is 1. The van der Waals surface area contributed by atoms with E-state index in [4.69, 9.17) is 34.2 Å². The summed E-state index contributed by atoms with van der Waals surface area (Å²) in [5.41, 5.74) is 5.35. The van der Waals surface area contributed by atoms with Crippen LogP contribution in [-0.4, -0.2) is 5.91 Å². The molecule has 0 saturated heterocycles. The molecule has 0 aliphatic rings. The molecule has 5 heteroatoms. The zero-order chi connectivity index (χ0) is 10.0. The van der Waals surface area contributed by atoms with Gasteiger partial charge < -0.3 is 5.73 Å². The minimum Gasteiger partial charge on any atom is -0.366 e. The highest BCUT2D eigenvalue weighted by atomic mass is 35.5. The molecular formula is C8H4Cl2N2O. The predicted octanol–water partition coefficient (Wildman–Crippen LogP) is 1.96. The number of rotatable bonds is 1. The van der Waals surface area contributed by atoms with Crippen molar-refractivity contribution in [1.82, 2.24) is 0 Å². The molecule has 3 nitrogen and oxygen atoms in total. The molecule has 0 radical (unpaired) electrons. The number of carbonyl (C=O) groups is 1. The van der Waals surface area contributed by atoms with E-state index in [2.05, 4.69) is 0 Å². The molecule has 0 saturated carbocycles. The van der Waals surface area contributed by atoms with Gasteiger partial charge in [-0.2, -0.15) is 5.26 Å². The van der Waals surface area contributed by atoms with E-state index in [1.165, 1.54) is 12.1 Å². The van der Waals surface area contributed by atoms with Crippen LogP contribution < -0.4 is 5.73 Å². The van der Waals surface area contributed by atoms with E-state index < -0.39 is 5.91 Å². The molecular weight excluding hydrogens is 211 g/mol. The molecule has 2 N–H and O–H groups in total. The van der Waals surface area contributed by atoms with Crippen molar-refractivity contribution in [2.24, 2.45) is 5.73 Å². The molecule has 66 valence electrons. The Morgan fingerprint density at radius 3 is 2.46 bits per heavy atom. The van der Waals surface area contributed by atoms with Gasteiger partial charge in [-0.05, 0) is 12.1 Å². The highest BCUT2D eigenvalue weighted by Gasteiger charge is 2.12. The monoisotopic (exact) mass is 214 g/mol. The lowest BCUT2D eigenvalue weighted by Crippen LogP contribution is -2.11. The van der Waals surface area contributed by atoms with Crippen molar-refractivity contribution in [3.8, 4) is 6.07 Å². The summed E-state index contributed by atoms with van der Waals surface area (Å²) in [6.07, 6.45) is 0. The number of nitrogens with zero attached hydrogens (tertiary/aromatic N) is 1. The first kappa shape index (κ1) is 9.85. The topological polar surface area (TPSA) is 66.9 Å². The average Bonchev–Trinajstić information content (AvgIpc) is 2.09. The fourth-order valence-corrected chi connectivity index (χ4v) is 1.29. The molecule has 0 aliphatic heterocycles. The van der Waals surface area contributed by atoms with E-state index in [1.54, 1.807) is 0 Å². The van der Waals surface area contributed by atoms with Gasteiger partial charge in [0.25, 0.3) is 0 Å². The summed E-state index contributed by atoms with van der Waals surface area (Å²) in [7, 11) is 0. The maximum absolute atomic E-state index is 10.8. The quantitative estimate of drug-likeness (QED) is 0.777. The minimum atomic E-state index is -0.670. The lowest BCUT2D eigenvalue weighted by Gasteiger charge is -2.02. The molecule has 0 spiro atoms. The van der Waals surface area contributed by atoms with E-state index in [9.17, 15) is 4.79 Å². The highest BCUT2D eigenvalue weighted by molar-refractivity contribution is 6.44. The Labute approximate surface area is 84.7 Å². The molecule has 0 atom stereocenters. The molecule has 1 aromatic carbocycles. The SMILES string of the molecule is N#Cc1ccc(C(N)=O)c(Cl)c1Cl. The molecule has 1 aromatic rings. The molecule has 0 bridgehead atoms. The highest BCUT2D eigenvalue weighted by Crippen LogP contribution is 2.28. The Balaban J connectivity index is 3.42. The number of halogens is 2. The lowest BCUT2D eigenvalue weighted by atomic mass is 10.1.